The third-order valence-corrected chi connectivity index (χ3v) is 4.05. The molecule has 114 valence electrons. The van der Waals surface area contributed by atoms with E-state index >= 15 is 0 Å². The molecule has 2 aromatic rings. The van der Waals surface area contributed by atoms with Gasteiger partial charge in [0.25, 0.3) is 0 Å². The minimum atomic E-state index is 1.000. The normalized spacial score (nSPS) is 15.7. The van der Waals surface area contributed by atoms with Crippen molar-refractivity contribution in [3.8, 4) is 0 Å². The number of rotatable bonds is 4. The molecule has 0 bridgehead atoms. The molecule has 0 aromatic heterocycles. The summed E-state index contributed by atoms with van der Waals surface area (Å²) in [4.78, 5) is 2.50. The van der Waals surface area contributed by atoms with E-state index in [-0.39, 0.29) is 0 Å². The van der Waals surface area contributed by atoms with E-state index in [1.807, 2.05) is 36.5 Å². The van der Waals surface area contributed by atoms with E-state index in [2.05, 4.69) is 39.7 Å². The van der Waals surface area contributed by atoms with Crippen molar-refractivity contribution in [1.29, 1.82) is 0 Å². The van der Waals surface area contributed by atoms with Crippen molar-refractivity contribution >= 4 is 17.6 Å². The molecule has 0 spiro atoms. The lowest BCUT2D eigenvalue weighted by molar-refractivity contribution is 0.726. The molecule has 2 aromatic carbocycles. The van der Waals surface area contributed by atoms with Crippen LogP contribution in [0.1, 0.15) is 31.2 Å². The molecule has 1 fully saturated rings. The van der Waals surface area contributed by atoms with Crippen LogP contribution in [0.3, 0.4) is 0 Å². The Kier molecular flexibility index (Phi) is 5.09. The van der Waals surface area contributed by atoms with Gasteiger partial charge in [-0.05, 0) is 42.7 Å². The van der Waals surface area contributed by atoms with Crippen LogP contribution in [-0.4, -0.2) is 19.3 Å². The second kappa shape index (κ2) is 7.64. The van der Waals surface area contributed by atoms with E-state index in [1.165, 1.54) is 44.5 Å². The molecule has 1 N–H and O–H groups in total. The molecular weight excluding hydrogens is 270 g/mol. The van der Waals surface area contributed by atoms with E-state index in [0.29, 0.717) is 0 Å². The molecule has 1 aliphatic rings. The second-order valence-corrected chi connectivity index (χ2v) is 5.73. The summed E-state index contributed by atoms with van der Waals surface area (Å²) >= 11 is 0. The predicted octanol–water partition coefficient (Wildman–Crippen LogP) is 4.51. The fourth-order valence-corrected chi connectivity index (χ4v) is 2.79. The summed E-state index contributed by atoms with van der Waals surface area (Å²) in [5.41, 5.74) is 6.48. The van der Waals surface area contributed by atoms with Crippen molar-refractivity contribution in [2.24, 2.45) is 5.10 Å². The number of hydrogen-bond donors (Lipinski definition) is 1. The van der Waals surface area contributed by atoms with Crippen molar-refractivity contribution in [1.82, 2.24) is 0 Å². The zero-order valence-electron chi connectivity index (χ0n) is 12.9. The number of hydrogen-bond acceptors (Lipinski definition) is 3. The number of para-hydroxylation sites is 1. The van der Waals surface area contributed by atoms with Crippen LogP contribution in [-0.2, 0) is 0 Å². The van der Waals surface area contributed by atoms with E-state index in [4.69, 9.17) is 0 Å². The molecule has 1 aliphatic heterocycles. The lowest BCUT2D eigenvalue weighted by atomic mass is 10.2. The van der Waals surface area contributed by atoms with Gasteiger partial charge in [0, 0.05) is 18.8 Å². The van der Waals surface area contributed by atoms with Crippen molar-refractivity contribution in [3.05, 3.63) is 60.2 Å². The van der Waals surface area contributed by atoms with Gasteiger partial charge in [-0.15, -0.1) is 0 Å². The quantitative estimate of drug-likeness (QED) is 0.663. The van der Waals surface area contributed by atoms with Gasteiger partial charge in [0.15, 0.2) is 0 Å². The van der Waals surface area contributed by atoms with Gasteiger partial charge >= 0.3 is 0 Å². The fraction of sp³-hybridized carbons (Fsp3) is 0.316. The Hall–Kier alpha value is -2.29. The Bertz CT molecular complexity index is 582. The Morgan fingerprint density at radius 2 is 1.50 bits per heavy atom. The molecule has 0 saturated carbocycles. The second-order valence-electron chi connectivity index (χ2n) is 5.73. The molecule has 3 heteroatoms. The highest BCUT2D eigenvalue weighted by Crippen LogP contribution is 2.19. The number of hydrazone groups is 1. The van der Waals surface area contributed by atoms with Gasteiger partial charge in [0.2, 0.25) is 0 Å². The summed E-state index contributed by atoms with van der Waals surface area (Å²) in [5, 5.41) is 4.28. The predicted molar refractivity (Wildman–Crippen MR) is 94.8 cm³/mol. The summed E-state index contributed by atoms with van der Waals surface area (Å²) < 4.78 is 0. The van der Waals surface area contributed by atoms with E-state index in [1.54, 1.807) is 0 Å². The molecule has 3 rings (SSSR count). The Morgan fingerprint density at radius 1 is 0.818 bits per heavy atom. The van der Waals surface area contributed by atoms with E-state index in [9.17, 15) is 0 Å². The summed E-state index contributed by atoms with van der Waals surface area (Å²) in [6.45, 7) is 2.37. The molecule has 0 aliphatic carbocycles. The maximum Gasteiger partial charge on any atom is 0.0561 e. The first kappa shape index (κ1) is 14.6. The van der Waals surface area contributed by atoms with Crippen LogP contribution in [0, 0.1) is 0 Å². The molecule has 22 heavy (non-hydrogen) atoms. The van der Waals surface area contributed by atoms with Gasteiger partial charge in [-0.2, -0.15) is 5.10 Å². The first-order valence-electron chi connectivity index (χ1n) is 8.11. The van der Waals surface area contributed by atoms with Crippen LogP contribution in [0.25, 0.3) is 0 Å². The zero-order valence-corrected chi connectivity index (χ0v) is 12.9. The van der Waals surface area contributed by atoms with Gasteiger partial charge < -0.3 is 4.90 Å². The number of nitrogens with one attached hydrogen (secondary N) is 1. The average molecular weight is 293 g/mol. The van der Waals surface area contributed by atoms with Crippen LogP contribution >= 0.6 is 0 Å². The summed E-state index contributed by atoms with van der Waals surface area (Å²) in [7, 11) is 0. The third kappa shape index (κ3) is 4.10. The average Bonchev–Trinajstić information content (AvgIpc) is 2.86. The van der Waals surface area contributed by atoms with Gasteiger partial charge in [-0.3, -0.25) is 5.43 Å². The lowest BCUT2D eigenvalue weighted by Crippen LogP contribution is -2.23. The van der Waals surface area contributed by atoms with Gasteiger partial charge in [0.1, 0.15) is 0 Å². The summed E-state index contributed by atoms with van der Waals surface area (Å²) in [6.07, 6.45) is 7.21. The SMILES string of the molecule is C(=NNc1ccccc1)c1ccc(N2CCCCCC2)cc1. The van der Waals surface area contributed by atoms with Crippen molar-refractivity contribution in [3.63, 3.8) is 0 Å². The molecular formula is C19H23N3. The standard InChI is InChI=1S/C19H23N3/c1-2-7-15-22(14-6-1)19-12-10-17(11-13-19)16-20-21-18-8-4-3-5-9-18/h3-5,8-13,16,21H,1-2,6-7,14-15H2. The molecule has 0 unspecified atom stereocenters. The van der Waals surface area contributed by atoms with Crippen molar-refractivity contribution < 1.29 is 0 Å². The summed E-state index contributed by atoms with van der Waals surface area (Å²) in [5.74, 6) is 0. The Morgan fingerprint density at radius 3 is 2.18 bits per heavy atom. The molecule has 1 heterocycles. The Balaban J connectivity index is 1.59. The van der Waals surface area contributed by atoms with Crippen molar-refractivity contribution in [2.45, 2.75) is 25.7 Å². The monoisotopic (exact) mass is 293 g/mol. The van der Waals surface area contributed by atoms with Crippen molar-refractivity contribution in [2.75, 3.05) is 23.4 Å². The van der Waals surface area contributed by atoms with Crippen LogP contribution < -0.4 is 10.3 Å². The van der Waals surface area contributed by atoms with E-state index < -0.39 is 0 Å². The van der Waals surface area contributed by atoms with Gasteiger partial charge in [-0.25, -0.2) is 0 Å². The summed E-state index contributed by atoms with van der Waals surface area (Å²) in [6, 6.07) is 18.7. The minimum absolute atomic E-state index is 1.000. The molecule has 0 radical (unpaired) electrons. The molecule has 3 nitrogen and oxygen atoms in total. The molecule has 1 saturated heterocycles. The molecule has 0 atom stereocenters. The largest absolute Gasteiger partial charge is 0.372 e. The van der Waals surface area contributed by atoms with Gasteiger partial charge in [0.05, 0.1) is 11.9 Å². The maximum atomic E-state index is 4.28. The fourth-order valence-electron chi connectivity index (χ4n) is 2.79. The van der Waals surface area contributed by atoms with Crippen LogP contribution in [0.4, 0.5) is 11.4 Å². The van der Waals surface area contributed by atoms with Crippen LogP contribution in [0.2, 0.25) is 0 Å². The van der Waals surface area contributed by atoms with Gasteiger partial charge in [-0.1, -0.05) is 43.2 Å². The van der Waals surface area contributed by atoms with Crippen LogP contribution in [0.5, 0.6) is 0 Å². The lowest BCUT2D eigenvalue weighted by Gasteiger charge is -2.22. The number of anilines is 2. The first-order chi connectivity index (χ1) is 10.9. The van der Waals surface area contributed by atoms with E-state index in [0.717, 1.165) is 11.3 Å². The number of benzene rings is 2. The molecule has 0 amide bonds. The number of nitrogens with zero attached hydrogens (tertiary/aromatic N) is 2. The first-order valence-corrected chi connectivity index (χ1v) is 8.11. The highest BCUT2D eigenvalue weighted by Gasteiger charge is 2.09. The zero-order chi connectivity index (χ0) is 15.0. The Labute approximate surface area is 132 Å². The smallest absolute Gasteiger partial charge is 0.0561 e. The minimum Gasteiger partial charge on any atom is -0.372 e. The highest BCUT2D eigenvalue weighted by atomic mass is 15.3. The highest BCUT2D eigenvalue weighted by molar-refractivity contribution is 5.81. The van der Waals surface area contributed by atoms with Crippen LogP contribution in [0.15, 0.2) is 59.7 Å². The maximum absolute atomic E-state index is 4.28. The third-order valence-electron chi connectivity index (χ3n) is 4.05. The topological polar surface area (TPSA) is 27.6 Å².